The van der Waals surface area contributed by atoms with Crippen molar-refractivity contribution >= 4 is 11.7 Å². The fourth-order valence-electron chi connectivity index (χ4n) is 2.21. The van der Waals surface area contributed by atoms with Crippen molar-refractivity contribution in [1.29, 1.82) is 0 Å². The number of urea groups is 1. The van der Waals surface area contributed by atoms with Crippen LogP contribution in [-0.4, -0.2) is 24.3 Å². The summed E-state index contributed by atoms with van der Waals surface area (Å²) >= 11 is 0. The van der Waals surface area contributed by atoms with Crippen LogP contribution in [0.2, 0.25) is 0 Å². The fraction of sp³-hybridized carbons (Fsp3) is 0.350. The number of nitrogens with one attached hydrogen (secondary N) is 2. The zero-order valence-electron chi connectivity index (χ0n) is 14.8. The summed E-state index contributed by atoms with van der Waals surface area (Å²) in [6.45, 7) is 5.54. The Hall–Kier alpha value is -2.69. The van der Waals surface area contributed by atoms with Gasteiger partial charge in [-0.05, 0) is 60.7 Å². The van der Waals surface area contributed by atoms with Crippen LogP contribution < -0.4 is 15.4 Å². The predicted octanol–water partition coefficient (Wildman–Crippen LogP) is 4.18. The van der Waals surface area contributed by atoms with Crippen LogP contribution in [0.3, 0.4) is 0 Å². The van der Waals surface area contributed by atoms with E-state index in [4.69, 9.17) is 4.74 Å². The fourth-order valence-corrected chi connectivity index (χ4v) is 2.21. The second kappa shape index (κ2) is 9.57. The van der Waals surface area contributed by atoms with Crippen LogP contribution in [0.4, 0.5) is 10.5 Å². The molecule has 0 atom stereocenters. The third kappa shape index (κ3) is 7.16. The van der Waals surface area contributed by atoms with E-state index in [2.05, 4.69) is 24.5 Å². The van der Waals surface area contributed by atoms with Crippen LogP contribution in [-0.2, 0) is 6.42 Å². The lowest BCUT2D eigenvalue weighted by Gasteiger charge is -2.10. The zero-order valence-corrected chi connectivity index (χ0v) is 14.8. The maximum atomic E-state index is 11.9. The highest BCUT2D eigenvalue weighted by atomic mass is 16.5. The van der Waals surface area contributed by atoms with Crippen LogP contribution >= 0.6 is 0 Å². The summed E-state index contributed by atoms with van der Waals surface area (Å²) in [6.07, 6.45) is 1.72. The molecule has 134 valence electrons. The van der Waals surface area contributed by atoms with Crippen molar-refractivity contribution in [3.63, 3.8) is 0 Å². The Morgan fingerprint density at radius 1 is 1.08 bits per heavy atom. The first-order valence-electron chi connectivity index (χ1n) is 8.58. The molecule has 25 heavy (non-hydrogen) atoms. The van der Waals surface area contributed by atoms with Crippen LogP contribution in [0.1, 0.15) is 25.8 Å². The van der Waals surface area contributed by atoms with Crippen molar-refractivity contribution < 1.29 is 14.6 Å². The van der Waals surface area contributed by atoms with Gasteiger partial charge in [0.25, 0.3) is 0 Å². The van der Waals surface area contributed by atoms with Crippen molar-refractivity contribution in [3.05, 3.63) is 54.1 Å². The van der Waals surface area contributed by atoms with Gasteiger partial charge in [-0.2, -0.15) is 0 Å². The first-order valence-corrected chi connectivity index (χ1v) is 8.58. The smallest absolute Gasteiger partial charge is 0.319 e. The van der Waals surface area contributed by atoms with Gasteiger partial charge in [-0.3, -0.25) is 0 Å². The number of carbonyl (C=O) groups is 1. The summed E-state index contributed by atoms with van der Waals surface area (Å²) < 4.78 is 5.65. The van der Waals surface area contributed by atoms with Gasteiger partial charge in [0.05, 0.1) is 6.61 Å². The molecule has 0 saturated carbocycles. The van der Waals surface area contributed by atoms with E-state index < -0.39 is 0 Å². The van der Waals surface area contributed by atoms with E-state index in [-0.39, 0.29) is 11.8 Å². The molecule has 0 unspecified atom stereocenters. The summed E-state index contributed by atoms with van der Waals surface area (Å²) in [5.41, 5.74) is 1.78. The monoisotopic (exact) mass is 342 g/mol. The number of aromatic hydroxyl groups is 1. The largest absolute Gasteiger partial charge is 0.508 e. The van der Waals surface area contributed by atoms with Crippen LogP contribution in [0.5, 0.6) is 11.5 Å². The predicted molar refractivity (Wildman–Crippen MR) is 100 cm³/mol. The van der Waals surface area contributed by atoms with Crippen LogP contribution in [0.15, 0.2) is 48.5 Å². The second-order valence-electron chi connectivity index (χ2n) is 6.35. The number of hydrogen-bond donors (Lipinski definition) is 3. The molecule has 3 N–H and O–H groups in total. The SMILES string of the molecule is CC(C)CCOc1ccc(NC(=O)NCCc2ccc(O)cc2)cc1. The summed E-state index contributed by atoms with van der Waals surface area (Å²) in [4.78, 5) is 11.9. The number of phenols is 1. The molecule has 0 bridgehead atoms. The van der Waals surface area contributed by atoms with Gasteiger partial charge < -0.3 is 20.5 Å². The van der Waals surface area contributed by atoms with E-state index in [9.17, 15) is 9.90 Å². The van der Waals surface area contributed by atoms with Crippen molar-refractivity contribution in [2.24, 2.45) is 5.92 Å². The van der Waals surface area contributed by atoms with E-state index in [1.54, 1.807) is 12.1 Å². The molecule has 0 aliphatic rings. The first-order chi connectivity index (χ1) is 12.0. The topological polar surface area (TPSA) is 70.6 Å². The highest BCUT2D eigenvalue weighted by molar-refractivity contribution is 5.89. The minimum Gasteiger partial charge on any atom is -0.508 e. The molecule has 2 amide bonds. The molecule has 0 spiro atoms. The van der Waals surface area contributed by atoms with Gasteiger partial charge in [0.1, 0.15) is 11.5 Å². The van der Waals surface area contributed by atoms with Gasteiger partial charge >= 0.3 is 6.03 Å². The summed E-state index contributed by atoms with van der Waals surface area (Å²) in [6, 6.07) is 14.1. The average Bonchev–Trinajstić information content (AvgIpc) is 2.58. The molecule has 0 heterocycles. The van der Waals surface area contributed by atoms with E-state index in [1.807, 2.05) is 36.4 Å². The number of carbonyl (C=O) groups excluding carboxylic acids is 1. The number of benzene rings is 2. The summed E-state index contributed by atoms with van der Waals surface area (Å²) in [5.74, 6) is 1.66. The van der Waals surface area contributed by atoms with E-state index in [0.29, 0.717) is 25.5 Å². The molecule has 5 heteroatoms. The van der Waals surface area contributed by atoms with Crippen LogP contribution in [0.25, 0.3) is 0 Å². The molecule has 5 nitrogen and oxygen atoms in total. The molecule has 0 aliphatic carbocycles. The Morgan fingerprint density at radius 3 is 2.40 bits per heavy atom. The van der Waals surface area contributed by atoms with Gasteiger partial charge in [-0.1, -0.05) is 26.0 Å². The van der Waals surface area contributed by atoms with Gasteiger partial charge in [0.15, 0.2) is 0 Å². The van der Waals surface area contributed by atoms with Gasteiger partial charge in [-0.15, -0.1) is 0 Å². The highest BCUT2D eigenvalue weighted by Gasteiger charge is 2.03. The third-order valence-corrected chi connectivity index (χ3v) is 3.71. The van der Waals surface area contributed by atoms with E-state index in [1.165, 1.54) is 0 Å². The number of anilines is 1. The molecule has 0 aliphatic heterocycles. The third-order valence-electron chi connectivity index (χ3n) is 3.71. The van der Waals surface area contributed by atoms with Gasteiger partial charge in [0.2, 0.25) is 0 Å². The standard InChI is InChI=1S/C20H26N2O3/c1-15(2)12-14-25-19-9-5-17(6-10-19)22-20(24)21-13-11-16-3-7-18(23)8-4-16/h3-10,15,23H,11-14H2,1-2H3,(H2,21,22,24). The lowest BCUT2D eigenvalue weighted by atomic mass is 10.1. The quantitative estimate of drug-likeness (QED) is 0.674. The molecule has 2 aromatic carbocycles. The Morgan fingerprint density at radius 2 is 1.76 bits per heavy atom. The van der Waals surface area contributed by atoms with Gasteiger partial charge in [0, 0.05) is 12.2 Å². The minimum absolute atomic E-state index is 0.242. The molecule has 2 rings (SSSR count). The second-order valence-corrected chi connectivity index (χ2v) is 6.35. The number of amides is 2. The molecular formula is C20H26N2O3. The molecule has 2 aromatic rings. The Balaban J connectivity index is 1.70. The summed E-state index contributed by atoms with van der Waals surface area (Å²) in [7, 11) is 0. The Bertz CT molecular complexity index is 652. The van der Waals surface area contributed by atoms with E-state index >= 15 is 0 Å². The molecule has 0 aromatic heterocycles. The lowest BCUT2D eigenvalue weighted by Crippen LogP contribution is -2.30. The first kappa shape index (κ1) is 18.6. The summed E-state index contributed by atoms with van der Waals surface area (Å²) in [5, 5.41) is 14.8. The zero-order chi connectivity index (χ0) is 18.1. The highest BCUT2D eigenvalue weighted by Crippen LogP contribution is 2.16. The maximum absolute atomic E-state index is 11.9. The normalized spacial score (nSPS) is 10.5. The molecule has 0 radical (unpaired) electrons. The Labute approximate surface area is 149 Å². The van der Waals surface area contributed by atoms with Crippen molar-refractivity contribution in [2.75, 3.05) is 18.5 Å². The number of phenolic OH excluding ortho intramolecular Hbond substituents is 1. The lowest BCUT2D eigenvalue weighted by molar-refractivity contribution is 0.252. The van der Waals surface area contributed by atoms with Crippen molar-refractivity contribution in [2.45, 2.75) is 26.7 Å². The van der Waals surface area contributed by atoms with Gasteiger partial charge in [-0.25, -0.2) is 4.79 Å². The molecule has 0 saturated heterocycles. The molecular weight excluding hydrogens is 316 g/mol. The Kier molecular flexibility index (Phi) is 7.14. The number of hydrogen-bond acceptors (Lipinski definition) is 3. The number of rotatable bonds is 8. The van der Waals surface area contributed by atoms with Crippen molar-refractivity contribution in [1.82, 2.24) is 5.32 Å². The number of ether oxygens (including phenoxy) is 1. The van der Waals surface area contributed by atoms with Crippen LogP contribution in [0, 0.1) is 5.92 Å². The van der Waals surface area contributed by atoms with Crippen molar-refractivity contribution in [3.8, 4) is 11.5 Å². The maximum Gasteiger partial charge on any atom is 0.319 e. The molecule has 0 fully saturated rings. The minimum atomic E-state index is -0.243. The van der Waals surface area contributed by atoms with E-state index in [0.717, 1.165) is 23.4 Å². The average molecular weight is 342 g/mol.